The predicted molar refractivity (Wildman–Crippen MR) is 50.4 cm³/mol. The van der Waals surface area contributed by atoms with Gasteiger partial charge >= 0.3 is 5.69 Å². The van der Waals surface area contributed by atoms with Gasteiger partial charge in [0.15, 0.2) is 0 Å². The lowest BCUT2D eigenvalue weighted by Crippen LogP contribution is -1.98. The van der Waals surface area contributed by atoms with Crippen LogP contribution in [0.15, 0.2) is 0 Å². The van der Waals surface area contributed by atoms with Crippen LogP contribution in [0.25, 0.3) is 0 Å². The van der Waals surface area contributed by atoms with E-state index >= 15 is 0 Å². The zero-order valence-electron chi connectivity index (χ0n) is 6.97. The van der Waals surface area contributed by atoms with Gasteiger partial charge in [-0.1, -0.05) is 23.2 Å². The van der Waals surface area contributed by atoms with E-state index in [1.165, 1.54) is 0 Å². The van der Waals surface area contributed by atoms with E-state index in [0.29, 0.717) is 11.1 Å². The van der Waals surface area contributed by atoms with Crippen LogP contribution in [0.1, 0.15) is 11.1 Å². The molecule has 0 aliphatic heterocycles. The van der Waals surface area contributed by atoms with E-state index in [-0.39, 0.29) is 16.0 Å². The Labute approximate surface area is 84.6 Å². The monoisotopic (exact) mass is 220 g/mol. The smallest absolute Gasteiger partial charge is 0.258 e. The van der Waals surface area contributed by atoms with Gasteiger partial charge < -0.3 is 0 Å². The number of nitrogens with zero attached hydrogens (tertiary/aromatic N) is 2. The third-order valence-electron chi connectivity index (χ3n) is 1.80. The summed E-state index contributed by atoms with van der Waals surface area (Å²) in [5, 5.41) is 10.6. The molecule has 0 atom stereocenters. The maximum atomic E-state index is 10.5. The minimum absolute atomic E-state index is 0.168. The van der Waals surface area contributed by atoms with Crippen molar-refractivity contribution in [3.8, 4) is 0 Å². The molecule has 6 heteroatoms. The predicted octanol–water partition coefficient (Wildman–Crippen LogP) is 2.91. The first-order valence-corrected chi connectivity index (χ1v) is 4.17. The van der Waals surface area contributed by atoms with Crippen LogP contribution in [-0.2, 0) is 0 Å². The number of pyridine rings is 1. The molecule has 0 amide bonds. The Hall–Kier alpha value is -0.870. The van der Waals surface area contributed by atoms with Crippen molar-refractivity contribution in [3.63, 3.8) is 0 Å². The van der Waals surface area contributed by atoms with Crippen LogP contribution in [0.4, 0.5) is 5.69 Å². The van der Waals surface area contributed by atoms with Crippen LogP contribution in [-0.4, -0.2) is 9.91 Å². The molecule has 1 aromatic rings. The standard InChI is InChI=1S/C7H6Cl2N2O2/c1-3-4(2)6(8)10-7(9)5(3)11(12)13/h1-2H3. The van der Waals surface area contributed by atoms with Gasteiger partial charge in [-0.3, -0.25) is 10.1 Å². The fraction of sp³-hybridized carbons (Fsp3) is 0.286. The second-order valence-electron chi connectivity index (χ2n) is 2.55. The molecule has 0 bridgehead atoms. The fourth-order valence-electron chi connectivity index (χ4n) is 0.922. The summed E-state index contributed by atoms with van der Waals surface area (Å²) in [6.07, 6.45) is 0. The zero-order valence-corrected chi connectivity index (χ0v) is 8.48. The fourth-order valence-corrected chi connectivity index (χ4v) is 1.49. The van der Waals surface area contributed by atoms with Crippen molar-refractivity contribution in [2.45, 2.75) is 13.8 Å². The van der Waals surface area contributed by atoms with Gasteiger partial charge in [-0.15, -0.1) is 0 Å². The third kappa shape index (κ3) is 1.73. The summed E-state index contributed by atoms with van der Waals surface area (Å²) in [7, 11) is 0. The highest BCUT2D eigenvalue weighted by Crippen LogP contribution is 2.31. The highest BCUT2D eigenvalue weighted by molar-refractivity contribution is 6.34. The molecule has 0 N–H and O–H groups in total. The minimum Gasteiger partial charge on any atom is -0.258 e. The zero-order chi connectivity index (χ0) is 10.2. The lowest BCUT2D eigenvalue weighted by atomic mass is 10.1. The average Bonchev–Trinajstić information content (AvgIpc) is 1.99. The highest BCUT2D eigenvalue weighted by Gasteiger charge is 2.21. The number of nitro groups is 1. The molecule has 0 aromatic carbocycles. The first-order valence-electron chi connectivity index (χ1n) is 3.41. The Morgan fingerprint density at radius 3 is 2.23 bits per heavy atom. The summed E-state index contributed by atoms with van der Waals surface area (Å²) >= 11 is 11.2. The van der Waals surface area contributed by atoms with Gasteiger partial charge in [0.25, 0.3) is 0 Å². The van der Waals surface area contributed by atoms with Crippen molar-refractivity contribution in [3.05, 3.63) is 31.5 Å². The van der Waals surface area contributed by atoms with E-state index in [1.807, 2.05) is 0 Å². The third-order valence-corrected chi connectivity index (χ3v) is 2.43. The van der Waals surface area contributed by atoms with E-state index in [2.05, 4.69) is 4.98 Å². The molecule has 0 fully saturated rings. The lowest BCUT2D eigenvalue weighted by molar-refractivity contribution is -0.385. The molecule has 1 aromatic heterocycles. The van der Waals surface area contributed by atoms with Gasteiger partial charge in [0.1, 0.15) is 5.15 Å². The Morgan fingerprint density at radius 2 is 1.77 bits per heavy atom. The summed E-state index contributed by atoms with van der Waals surface area (Å²) < 4.78 is 0. The SMILES string of the molecule is Cc1c(Cl)nc(Cl)c([N+](=O)[O-])c1C. The largest absolute Gasteiger partial charge is 0.309 e. The molecule has 0 aliphatic carbocycles. The van der Waals surface area contributed by atoms with Gasteiger partial charge in [0, 0.05) is 5.56 Å². The van der Waals surface area contributed by atoms with Crippen LogP contribution < -0.4 is 0 Å². The molecular formula is C7H6Cl2N2O2. The van der Waals surface area contributed by atoms with Crippen molar-refractivity contribution in [1.82, 2.24) is 4.98 Å². The van der Waals surface area contributed by atoms with E-state index in [9.17, 15) is 10.1 Å². The van der Waals surface area contributed by atoms with Crippen LogP contribution in [0.5, 0.6) is 0 Å². The molecule has 70 valence electrons. The Morgan fingerprint density at radius 1 is 1.23 bits per heavy atom. The van der Waals surface area contributed by atoms with Gasteiger partial charge in [-0.25, -0.2) is 4.98 Å². The number of hydrogen-bond acceptors (Lipinski definition) is 3. The molecular weight excluding hydrogens is 215 g/mol. The van der Waals surface area contributed by atoms with Gasteiger partial charge in [-0.05, 0) is 19.4 Å². The van der Waals surface area contributed by atoms with Crippen molar-refractivity contribution in [2.24, 2.45) is 0 Å². The average molecular weight is 221 g/mol. The Kier molecular flexibility index (Phi) is 2.73. The van der Waals surface area contributed by atoms with Crippen molar-refractivity contribution < 1.29 is 4.92 Å². The molecule has 0 saturated carbocycles. The number of halogens is 2. The van der Waals surface area contributed by atoms with Crippen molar-refractivity contribution >= 4 is 28.9 Å². The number of rotatable bonds is 1. The Bertz CT molecular complexity index is 379. The molecule has 1 heterocycles. The van der Waals surface area contributed by atoms with Gasteiger partial charge in [0.05, 0.1) is 4.92 Å². The lowest BCUT2D eigenvalue weighted by Gasteiger charge is -2.03. The van der Waals surface area contributed by atoms with E-state index in [0.717, 1.165) is 0 Å². The summed E-state index contributed by atoms with van der Waals surface area (Å²) in [6, 6.07) is 0. The summed E-state index contributed by atoms with van der Waals surface area (Å²) in [4.78, 5) is 13.6. The number of aromatic nitrogens is 1. The molecule has 0 spiro atoms. The van der Waals surface area contributed by atoms with Crippen LogP contribution in [0.2, 0.25) is 10.3 Å². The van der Waals surface area contributed by atoms with Crippen LogP contribution >= 0.6 is 23.2 Å². The molecule has 0 saturated heterocycles. The molecule has 0 aliphatic rings. The molecule has 1 rings (SSSR count). The van der Waals surface area contributed by atoms with Crippen molar-refractivity contribution in [2.75, 3.05) is 0 Å². The first-order chi connectivity index (χ1) is 5.95. The highest BCUT2D eigenvalue weighted by atomic mass is 35.5. The normalized spacial score (nSPS) is 10.2. The van der Waals surface area contributed by atoms with Crippen LogP contribution in [0, 0.1) is 24.0 Å². The van der Waals surface area contributed by atoms with E-state index in [4.69, 9.17) is 23.2 Å². The summed E-state index contributed by atoms with van der Waals surface area (Å²) in [6.45, 7) is 3.25. The molecule has 13 heavy (non-hydrogen) atoms. The quantitative estimate of drug-likeness (QED) is 0.416. The van der Waals surface area contributed by atoms with Crippen molar-refractivity contribution in [1.29, 1.82) is 0 Å². The first kappa shape index (κ1) is 10.2. The summed E-state index contributed by atoms with van der Waals surface area (Å²) in [5.41, 5.74) is 0.858. The maximum Gasteiger partial charge on any atom is 0.309 e. The van der Waals surface area contributed by atoms with E-state index < -0.39 is 4.92 Å². The molecule has 4 nitrogen and oxygen atoms in total. The Balaban J connectivity index is 3.53. The maximum absolute atomic E-state index is 10.5. The van der Waals surface area contributed by atoms with Gasteiger partial charge in [-0.2, -0.15) is 0 Å². The van der Waals surface area contributed by atoms with Crippen LogP contribution in [0.3, 0.4) is 0 Å². The minimum atomic E-state index is -0.562. The van der Waals surface area contributed by atoms with Gasteiger partial charge in [0.2, 0.25) is 5.15 Å². The second-order valence-corrected chi connectivity index (χ2v) is 3.27. The molecule has 0 radical (unpaired) electrons. The summed E-state index contributed by atoms with van der Waals surface area (Å²) in [5.74, 6) is 0. The molecule has 0 unspecified atom stereocenters. The second kappa shape index (κ2) is 3.47. The number of hydrogen-bond donors (Lipinski definition) is 0. The van der Waals surface area contributed by atoms with E-state index in [1.54, 1.807) is 13.8 Å². The topological polar surface area (TPSA) is 56.0 Å².